The van der Waals surface area contributed by atoms with Crippen LogP contribution >= 0.6 is 0 Å². The van der Waals surface area contributed by atoms with Crippen LogP contribution in [-0.4, -0.2) is 17.2 Å². The third kappa shape index (κ3) is 2.84. The van der Waals surface area contributed by atoms with E-state index >= 15 is 0 Å². The van der Waals surface area contributed by atoms with Gasteiger partial charge in [-0.2, -0.15) is 0 Å². The van der Waals surface area contributed by atoms with E-state index in [9.17, 15) is 0 Å². The molecule has 0 aromatic rings. The molecule has 64 valence electrons. The van der Waals surface area contributed by atoms with Gasteiger partial charge in [0, 0.05) is 0 Å². The molecule has 1 rings (SSSR count). The van der Waals surface area contributed by atoms with Crippen molar-refractivity contribution in [2.45, 2.75) is 38.9 Å². The second-order valence-corrected chi connectivity index (χ2v) is 3.74. The third-order valence-electron chi connectivity index (χ3n) is 2.79. The average molecular weight is 156 g/mol. The lowest BCUT2D eigenvalue weighted by molar-refractivity contribution is 0.342. The van der Waals surface area contributed by atoms with Gasteiger partial charge in [-0.25, -0.2) is 0 Å². The van der Waals surface area contributed by atoms with Crippen LogP contribution in [0.15, 0.2) is 0 Å². The van der Waals surface area contributed by atoms with Crippen LogP contribution in [0.1, 0.15) is 32.6 Å². The fourth-order valence-corrected chi connectivity index (χ4v) is 2.05. The predicted octanol–water partition coefficient (Wildman–Crippen LogP) is 1.29. The summed E-state index contributed by atoms with van der Waals surface area (Å²) in [5, 5.41) is 17.5. The molecule has 11 heavy (non-hydrogen) atoms. The van der Waals surface area contributed by atoms with Crippen molar-refractivity contribution < 1.29 is 10.0 Å². The molecule has 0 aromatic carbocycles. The van der Waals surface area contributed by atoms with Gasteiger partial charge in [0.05, 0.1) is 0 Å². The molecule has 1 fully saturated rings. The molecule has 1 saturated carbocycles. The van der Waals surface area contributed by atoms with Crippen molar-refractivity contribution >= 4 is 7.12 Å². The summed E-state index contributed by atoms with van der Waals surface area (Å²) in [4.78, 5) is 0. The first kappa shape index (κ1) is 9.08. The Kier molecular flexibility index (Phi) is 3.40. The van der Waals surface area contributed by atoms with Gasteiger partial charge in [0.15, 0.2) is 0 Å². The van der Waals surface area contributed by atoms with Crippen molar-refractivity contribution in [2.75, 3.05) is 0 Å². The van der Waals surface area contributed by atoms with Gasteiger partial charge in [0.25, 0.3) is 0 Å². The largest absolute Gasteiger partial charge is 0.451 e. The second kappa shape index (κ2) is 4.12. The molecule has 0 aromatic heterocycles. The van der Waals surface area contributed by atoms with Gasteiger partial charge >= 0.3 is 7.12 Å². The molecule has 0 spiro atoms. The molecule has 0 radical (unpaired) electrons. The Labute approximate surface area is 68.8 Å². The average Bonchev–Trinajstić information content (AvgIpc) is 2.35. The predicted molar refractivity (Wildman–Crippen MR) is 46.1 cm³/mol. The van der Waals surface area contributed by atoms with E-state index in [1.54, 1.807) is 0 Å². The van der Waals surface area contributed by atoms with E-state index in [1.165, 1.54) is 25.7 Å². The quantitative estimate of drug-likeness (QED) is 0.604. The Hall–Kier alpha value is -0.0151. The minimum absolute atomic E-state index is 0.484. The molecule has 2 N–H and O–H groups in total. The van der Waals surface area contributed by atoms with Gasteiger partial charge < -0.3 is 10.0 Å². The van der Waals surface area contributed by atoms with E-state index in [-0.39, 0.29) is 0 Å². The Morgan fingerprint density at radius 3 is 2.36 bits per heavy atom. The van der Waals surface area contributed by atoms with Crippen LogP contribution < -0.4 is 0 Å². The molecular weight excluding hydrogens is 139 g/mol. The van der Waals surface area contributed by atoms with E-state index in [4.69, 9.17) is 10.0 Å². The molecule has 0 saturated heterocycles. The summed E-state index contributed by atoms with van der Waals surface area (Å²) in [7, 11) is -1.11. The summed E-state index contributed by atoms with van der Waals surface area (Å²) in [5.74, 6) is 1.23. The first-order chi connectivity index (χ1) is 5.20. The zero-order valence-corrected chi connectivity index (χ0v) is 7.16. The lowest BCUT2D eigenvalue weighted by Crippen LogP contribution is -2.19. The molecule has 0 amide bonds. The zero-order valence-electron chi connectivity index (χ0n) is 7.16. The number of rotatable bonds is 3. The van der Waals surface area contributed by atoms with Crippen molar-refractivity contribution in [3.63, 3.8) is 0 Å². The fourth-order valence-electron chi connectivity index (χ4n) is 2.05. The Morgan fingerprint density at radius 1 is 1.36 bits per heavy atom. The van der Waals surface area contributed by atoms with E-state index in [2.05, 4.69) is 6.92 Å². The maximum atomic E-state index is 8.74. The van der Waals surface area contributed by atoms with Gasteiger partial charge in [-0.3, -0.25) is 0 Å². The van der Waals surface area contributed by atoms with E-state index in [0.717, 1.165) is 5.92 Å². The van der Waals surface area contributed by atoms with E-state index in [1.807, 2.05) is 0 Å². The highest BCUT2D eigenvalue weighted by atomic mass is 16.4. The molecule has 1 aliphatic carbocycles. The van der Waals surface area contributed by atoms with E-state index < -0.39 is 7.12 Å². The molecule has 0 bridgehead atoms. The smallest absolute Gasteiger partial charge is 0.427 e. The van der Waals surface area contributed by atoms with Crippen LogP contribution in [0.2, 0.25) is 6.32 Å². The SMILES string of the molecule is CC(CB(O)O)C1CCCC1. The Morgan fingerprint density at radius 2 is 1.91 bits per heavy atom. The van der Waals surface area contributed by atoms with Crippen LogP contribution in [0, 0.1) is 11.8 Å². The Bertz CT molecular complexity index is 111. The third-order valence-corrected chi connectivity index (χ3v) is 2.79. The molecular formula is C8H17BO2. The van der Waals surface area contributed by atoms with Crippen LogP contribution in [0.5, 0.6) is 0 Å². The van der Waals surface area contributed by atoms with Gasteiger partial charge in [-0.15, -0.1) is 0 Å². The van der Waals surface area contributed by atoms with Crippen molar-refractivity contribution in [3.05, 3.63) is 0 Å². The first-order valence-corrected chi connectivity index (χ1v) is 4.56. The summed E-state index contributed by atoms with van der Waals surface area (Å²) in [5.41, 5.74) is 0. The maximum Gasteiger partial charge on any atom is 0.451 e. The summed E-state index contributed by atoms with van der Waals surface area (Å²) in [6.45, 7) is 2.12. The molecule has 1 aliphatic rings. The van der Waals surface area contributed by atoms with Gasteiger partial charge in [0.2, 0.25) is 0 Å². The van der Waals surface area contributed by atoms with Gasteiger partial charge in [-0.1, -0.05) is 32.6 Å². The fraction of sp³-hybridized carbons (Fsp3) is 1.00. The Balaban J connectivity index is 2.22. The number of hydrogen-bond acceptors (Lipinski definition) is 2. The first-order valence-electron chi connectivity index (χ1n) is 4.56. The van der Waals surface area contributed by atoms with E-state index in [0.29, 0.717) is 12.2 Å². The van der Waals surface area contributed by atoms with Crippen molar-refractivity contribution in [1.29, 1.82) is 0 Å². The normalized spacial score (nSPS) is 22.1. The minimum Gasteiger partial charge on any atom is -0.427 e. The van der Waals surface area contributed by atoms with Crippen LogP contribution in [0.25, 0.3) is 0 Å². The zero-order chi connectivity index (χ0) is 8.27. The van der Waals surface area contributed by atoms with Gasteiger partial charge in [-0.05, 0) is 18.2 Å². The second-order valence-electron chi connectivity index (χ2n) is 3.74. The maximum absolute atomic E-state index is 8.74. The molecule has 3 heteroatoms. The summed E-state index contributed by atoms with van der Waals surface area (Å²) in [6, 6.07) is 0. The van der Waals surface area contributed by atoms with Crippen LogP contribution in [0.3, 0.4) is 0 Å². The van der Waals surface area contributed by atoms with Crippen LogP contribution in [-0.2, 0) is 0 Å². The van der Waals surface area contributed by atoms with Crippen LogP contribution in [0.4, 0.5) is 0 Å². The molecule has 2 nitrogen and oxygen atoms in total. The summed E-state index contributed by atoms with van der Waals surface area (Å²) in [6.07, 6.45) is 5.78. The highest BCUT2D eigenvalue weighted by Crippen LogP contribution is 2.33. The minimum atomic E-state index is -1.11. The lowest BCUT2D eigenvalue weighted by Gasteiger charge is -2.17. The standard InChI is InChI=1S/C8H17BO2/c1-7(6-9(10)11)8-4-2-3-5-8/h7-8,10-11H,2-6H2,1H3. The van der Waals surface area contributed by atoms with Crippen molar-refractivity contribution in [3.8, 4) is 0 Å². The highest BCUT2D eigenvalue weighted by molar-refractivity contribution is 6.41. The molecule has 0 aliphatic heterocycles. The monoisotopic (exact) mass is 156 g/mol. The molecule has 1 atom stereocenters. The molecule has 1 unspecified atom stereocenters. The topological polar surface area (TPSA) is 40.5 Å². The van der Waals surface area contributed by atoms with Crippen molar-refractivity contribution in [1.82, 2.24) is 0 Å². The molecule has 0 heterocycles. The van der Waals surface area contributed by atoms with Gasteiger partial charge in [0.1, 0.15) is 0 Å². The number of hydrogen-bond donors (Lipinski definition) is 2. The highest BCUT2D eigenvalue weighted by Gasteiger charge is 2.24. The van der Waals surface area contributed by atoms with Crippen molar-refractivity contribution in [2.24, 2.45) is 11.8 Å². The summed E-state index contributed by atoms with van der Waals surface area (Å²) < 4.78 is 0. The summed E-state index contributed by atoms with van der Waals surface area (Å²) >= 11 is 0. The lowest BCUT2D eigenvalue weighted by atomic mass is 9.74.